The third-order valence-electron chi connectivity index (χ3n) is 4.21. The molecular weight excluding hydrogens is 406 g/mol. The molecule has 0 fully saturated rings. The number of thiol groups is 1. The SMILES string of the molecule is CCC(C)C(N)C(=O)NC(CO)C(=O)NC(CC(N)=O)C(=O)NC(CS)C(=O)O. The quantitative estimate of drug-likeness (QED) is 0.137. The van der Waals surface area contributed by atoms with Gasteiger partial charge in [-0.15, -0.1) is 0 Å². The zero-order chi connectivity index (χ0) is 22.7. The summed E-state index contributed by atoms with van der Waals surface area (Å²) in [6.45, 7) is 2.77. The minimum Gasteiger partial charge on any atom is -0.480 e. The van der Waals surface area contributed by atoms with E-state index in [0.29, 0.717) is 6.42 Å². The fraction of sp³-hybridized carbons (Fsp3) is 0.688. The first kappa shape index (κ1) is 26.6. The third kappa shape index (κ3) is 9.11. The van der Waals surface area contributed by atoms with E-state index in [1.54, 1.807) is 6.92 Å². The number of nitrogens with two attached hydrogens (primary N) is 2. The summed E-state index contributed by atoms with van der Waals surface area (Å²) in [7, 11) is 0. The topological polar surface area (TPSA) is 214 Å². The van der Waals surface area contributed by atoms with Crippen LogP contribution in [-0.2, 0) is 24.0 Å². The number of carboxylic acid groups (broad SMARTS) is 1. The lowest BCUT2D eigenvalue weighted by Gasteiger charge is -2.24. The van der Waals surface area contributed by atoms with Gasteiger partial charge in [0.1, 0.15) is 18.1 Å². The van der Waals surface area contributed by atoms with Crippen molar-refractivity contribution in [2.45, 2.75) is 50.9 Å². The van der Waals surface area contributed by atoms with Crippen LogP contribution in [-0.4, -0.2) is 76.3 Å². The molecule has 0 aliphatic carbocycles. The molecule has 0 spiro atoms. The number of hydrogen-bond donors (Lipinski definition) is 8. The Labute approximate surface area is 173 Å². The van der Waals surface area contributed by atoms with Crippen molar-refractivity contribution in [2.75, 3.05) is 12.4 Å². The minimum absolute atomic E-state index is 0.181. The number of aliphatic carboxylic acids is 1. The second-order valence-corrected chi connectivity index (χ2v) is 6.83. The van der Waals surface area contributed by atoms with E-state index in [2.05, 4.69) is 28.6 Å². The predicted molar refractivity (Wildman–Crippen MR) is 106 cm³/mol. The maximum atomic E-state index is 12.4. The van der Waals surface area contributed by atoms with Crippen molar-refractivity contribution >= 4 is 42.2 Å². The van der Waals surface area contributed by atoms with E-state index >= 15 is 0 Å². The Morgan fingerprint density at radius 1 is 0.966 bits per heavy atom. The van der Waals surface area contributed by atoms with E-state index in [1.165, 1.54) is 0 Å². The first-order valence-electron chi connectivity index (χ1n) is 8.87. The summed E-state index contributed by atoms with van der Waals surface area (Å²) in [4.78, 5) is 59.0. The molecule has 5 unspecified atom stereocenters. The van der Waals surface area contributed by atoms with Gasteiger partial charge in [-0.2, -0.15) is 12.6 Å². The largest absolute Gasteiger partial charge is 0.480 e. The summed E-state index contributed by atoms with van der Waals surface area (Å²) in [6, 6.07) is -5.24. The van der Waals surface area contributed by atoms with Gasteiger partial charge in [0.2, 0.25) is 23.6 Å². The summed E-state index contributed by atoms with van der Waals surface area (Å²) in [5.74, 6) is -5.36. The van der Waals surface area contributed by atoms with E-state index in [1.807, 2.05) is 6.92 Å². The molecule has 4 amide bonds. The zero-order valence-electron chi connectivity index (χ0n) is 16.3. The predicted octanol–water partition coefficient (Wildman–Crippen LogP) is -3.30. The number of carbonyl (C=O) groups is 5. The molecule has 0 aromatic carbocycles. The summed E-state index contributed by atoms with van der Waals surface area (Å²) in [6.07, 6.45) is -0.0176. The van der Waals surface area contributed by atoms with Gasteiger partial charge in [0.05, 0.1) is 19.1 Å². The second-order valence-electron chi connectivity index (χ2n) is 6.47. The normalized spacial score (nSPS) is 15.9. The van der Waals surface area contributed by atoms with Crippen molar-refractivity contribution in [2.24, 2.45) is 17.4 Å². The Morgan fingerprint density at radius 3 is 1.86 bits per heavy atom. The fourth-order valence-corrected chi connectivity index (χ4v) is 2.36. The molecular formula is C16H29N5O7S. The van der Waals surface area contributed by atoms with Crippen LogP contribution < -0.4 is 27.4 Å². The molecule has 0 saturated carbocycles. The average Bonchev–Trinajstić information content (AvgIpc) is 2.66. The Hall–Kier alpha value is -2.38. The van der Waals surface area contributed by atoms with Crippen LogP contribution in [0.25, 0.3) is 0 Å². The van der Waals surface area contributed by atoms with Gasteiger partial charge in [-0.1, -0.05) is 20.3 Å². The number of amides is 4. The van der Waals surface area contributed by atoms with Gasteiger partial charge in [-0.25, -0.2) is 4.79 Å². The first-order valence-corrected chi connectivity index (χ1v) is 9.51. The van der Waals surface area contributed by atoms with Gasteiger partial charge in [0, 0.05) is 5.75 Å². The second kappa shape index (κ2) is 13.0. The molecule has 13 heteroatoms. The van der Waals surface area contributed by atoms with Crippen LogP contribution in [0.2, 0.25) is 0 Å². The van der Waals surface area contributed by atoms with Gasteiger partial charge in [0.25, 0.3) is 0 Å². The molecule has 166 valence electrons. The van der Waals surface area contributed by atoms with E-state index in [4.69, 9.17) is 16.6 Å². The van der Waals surface area contributed by atoms with Crippen LogP contribution in [0.4, 0.5) is 0 Å². The van der Waals surface area contributed by atoms with Crippen LogP contribution in [0.3, 0.4) is 0 Å². The average molecular weight is 436 g/mol. The zero-order valence-corrected chi connectivity index (χ0v) is 17.1. The lowest BCUT2D eigenvalue weighted by atomic mass is 9.99. The smallest absolute Gasteiger partial charge is 0.327 e. The van der Waals surface area contributed by atoms with E-state index < -0.39 is 66.8 Å². The van der Waals surface area contributed by atoms with Crippen molar-refractivity contribution in [3.8, 4) is 0 Å². The van der Waals surface area contributed by atoms with Crippen molar-refractivity contribution in [3.63, 3.8) is 0 Å². The molecule has 0 aliphatic heterocycles. The molecule has 0 heterocycles. The molecule has 0 aromatic rings. The maximum Gasteiger partial charge on any atom is 0.327 e. The molecule has 0 rings (SSSR count). The number of carboxylic acids is 1. The Morgan fingerprint density at radius 2 is 1.45 bits per heavy atom. The molecule has 0 saturated heterocycles. The van der Waals surface area contributed by atoms with E-state index in [9.17, 15) is 29.1 Å². The fourth-order valence-electron chi connectivity index (χ4n) is 2.11. The standard InChI is InChI=1S/C16H29N5O7S/c1-3-7(2)12(18)15(26)20-9(5-22)14(25)19-8(4-11(17)23)13(24)21-10(6-29)16(27)28/h7-10,12,22,29H,3-6,18H2,1-2H3,(H2,17,23)(H,19,25)(H,20,26)(H,21,24)(H,27,28). The first-order chi connectivity index (χ1) is 13.5. The molecule has 0 aromatic heterocycles. The molecule has 0 bridgehead atoms. The van der Waals surface area contributed by atoms with Gasteiger partial charge in [0.15, 0.2) is 0 Å². The highest BCUT2D eigenvalue weighted by atomic mass is 32.1. The summed E-state index contributed by atoms with van der Waals surface area (Å²) >= 11 is 3.80. The maximum absolute atomic E-state index is 12.4. The van der Waals surface area contributed by atoms with Crippen LogP contribution in [0, 0.1) is 5.92 Å². The van der Waals surface area contributed by atoms with Crippen molar-refractivity contribution in [1.82, 2.24) is 16.0 Å². The lowest BCUT2D eigenvalue weighted by Crippen LogP contribution is -2.59. The highest BCUT2D eigenvalue weighted by molar-refractivity contribution is 7.80. The van der Waals surface area contributed by atoms with Crippen LogP contribution in [0.5, 0.6) is 0 Å². The molecule has 0 aliphatic rings. The summed E-state index contributed by atoms with van der Waals surface area (Å²) < 4.78 is 0. The van der Waals surface area contributed by atoms with Crippen LogP contribution in [0.15, 0.2) is 0 Å². The number of primary amides is 1. The van der Waals surface area contributed by atoms with Crippen LogP contribution in [0.1, 0.15) is 26.7 Å². The highest BCUT2D eigenvalue weighted by Crippen LogP contribution is 2.05. The van der Waals surface area contributed by atoms with Crippen molar-refractivity contribution < 1.29 is 34.2 Å². The number of hydrogen-bond acceptors (Lipinski definition) is 8. The number of carbonyl (C=O) groups excluding carboxylic acids is 4. The Bertz CT molecular complexity index is 618. The lowest BCUT2D eigenvalue weighted by molar-refractivity contribution is -0.141. The van der Waals surface area contributed by atoms with E-state index in [0.717, 1.165) is 0 Å². The number of aliphatic hydroxyl groups is 1. The molecule has 9 N–H and O–H groups in total. The van der Waals surface area contributed by atoms with Crippen molar-refractivity contribution in [1.29, 1.82) is 0 Å². The van der Waals surface area contributed by atoms with Crippen LogP contribution >= 0.6 is 12.6 Å². The van der Waals surface area contributed by atoms with E-state index in [-0.39, 0.29) is 11.7 Å². The molecule has 5 atom stereocenters. The molecule has 0 radical (unpaired) electrons. The highest BCUT2D eigenvalue weighted by Gasteiger charge is 2.31. The molecule has 12 nitrogen and oxygen atoms in total. The van der Waals surface area contributed by atoms with Crippen molar-refractivity contribution in [3.05, 3.63) is 0 Å². The number of aliphatic hydroxyl groups excluding tert-OH is 1. The Kier molecular flexibility index (Phi) is 11.9. The third-order valence-corrected chi connectivity index (χ3v) is 4.58. The van der Waals surface area contributed by atoms with Gasteiger partial charge in [-0.3, -0.25) is 19.2 Å². The number of nitrogens with one attached hydrogen (secondary N) is 3. The van der Waals surface area contributed by atoms with Gasteiger partial charge < -0.3 is 37.6 Å². The summed E-state index contributed by atoms with van der Waals surface area (Å²) in [5.41, 5.74) is 10.8. The molecule has 29 heavy (non-hydrogen) atoms. The Balaban J connectivity index is 5.22. The summed E-state index contributed by atoms with van der Waals surface area (Å²) in [5, 5.41) is 24.9. The number of rotatable bonds is 13. The van der Waals surface area contributed by atoms with Gasteiger partial charge in [-0.05, 0) is 5.92 Å². The minimum atomic E-state index is -1.52. The van der Waals surface area contributed by atoms with Gasteiger partial charge >= 0.3 is 5.97 Å². The monoisotopic (exact) mass is 435 g/mol.